The molecule has 0 aliphatic heterocycles. The van der Waals surface area contributed by atoms with Gasteiger partial charge in [0.05, 0.1) is 6.20 Å². The second-order valence-corrected chi connectivity index (χ2v) is 2.43. The molecule has 3 N–H and O–H groups in total. The molecule has 12 heavy (non-hydrogen) atoms. The third-order valence-electron chi connectivity index (χ3n) is 1.56. The lowest BCUT2D eigenvalue weighted by atomic mass is 10.2. The van der Waals surface area contributed by atoms with Gasteiger partial charge in [0.25, 0.3) is 5.91 Å². The SMILES string of the molecule is CCn1cc(C(O)C(N)=O)cn1. The number of rotatable bonds is 3. The van der Waals surface area contributed by atoms with E-state index in [-0.39, 0.29) is 0 Å². The molecule has 5 nitrogen and oxygen atoms in total. The standard InChI is InChI=1S/C7H11N3O2/c1-2-10-4-5(3-9-10)6(11)7(8)12/h3-4,6,11H,2H2,1H3,(H2,8,12). The summed E-state index contributed by atoms with van der Waals surface area (Å²) in [6.45, 7) is 2.61. The van der Waals surface area contributed by atoms with Gasteiger partial charge in [-0.1, -0.05) is 0 Å². The van der Waals surface area contributed by atoms with Gasteiger partial charge in [0.15, 0.2) is 6.10 Å². The molecule has 1 atom stereocenters. The molecule has 1 amide bonds. The maximum atomic E-state index is 10.5. The van der Waals surface area contributed by atoms with Crippen LogP contribution in [0.5, 0.6) is 0 Å². The first kappa shape index (κ1) is 8.73. The summed E-state index contributed by atoms with van der Waals surface area (Å²) in [5, 5.41) is 13.1. The minimum Gasteiger partial charge on any atom is -0.378 e. The van der Waals surface area contributed by atoms with Gasteiger partial charge in [0.1, 0.15) is 0 Å². The van der Waals surface area contributed by atoms with Gasteiger partial charge >= 0.3 is 0 Å². The van der Waals surface area contributed by atoms with Crippen LogP contribution in [0.3, 0.4) is 0 Å². The zero-order valence-corrected chi connectivity index (χ0v) is 6.77. The predicted octanol–water partition coefficient (Wildman–Crippen LogP) is -0.578. The number of aryl methyl sites for hydroxylation is 1. The van der Waals surface area contributed by atoms with Crippen LogP contribution in [0, 0.1) is 0 Å². The van der Waals surface area contributed by atoms with E-state index in [0.29, 0.717) is 12.1 Å². The number of nitrogens with zero attached hydrogens (tertiary/aromatic N) is 2. The van der Waals surface area contributed by atoms with Crippen LogP contribution >= 0.6 is 0 Å². The van der Waals surface area contributed by atoms with Gasteiger partial charge in [-0.05, 0) is 6.92 Å². The highest BCUT2D eigenvalue weighted by Crippen LogP contribution is 2.09. The first-order chi connectivity index (χ1) is 5.65. The van der Waals surface area contributed by atoms with Gasteiger partial charge < -0.3 is 10.8 Å². The number of aliphatic hydroxyl groups excluding tert-OH is 1. The van der Waals surface area contributed by atoms with Crippen molar-refractivity contribution in [2.75, 3.05) is 0 Å². The minimum atomic E-state index is -1.25. The summed E-state index contributed by atoms with van der Waals surface area (Å²) in [4.78, 5) is 10.5. The van der Waals surface area contributed by atoms with Crippen LogP contribution in [0.4, 0.5) is 0 Å². The highest BCUT2D eigenvalue weighted by molar-refractivity contribution is 5.79. The molecule has 1 aromatic heterocycles. The van der Waals surface area contributed by atoms with E-state index in [9.17, 15) is 9.90 Å². The highest BCUT2D eigenvalue weighted by atomic mass is 16.3. The Morgan fingerprint density at radius 3 is 3.00 bits per heavy atom. The van der Waals surface area contributed by atoms with Crippen molar-refractivity contribution in [3.8, 4) is 0 Å². The zero-order chi connectivity index (χ0) is 9.14. The Balaban J connectivity index is 2.81. The minimum absolute atomic E-state index is 0.435. The third kappa shape index (κ3) is 1.62. The molecule has 0 radical (unpaired) electrons. The van der Waals surface area contributed by atoms with Gasteiger partial charge in [-0.2, -0.15) is 5.10 Å². The summed E-state index contributed by atoms with van der Waals surface area (Å²) in [5.41, 5.74) is 5.33. The molecule has 0 saturated carbocycles. The van der Waals surface area contributed by atoms with Crippen LogP contribution in [0.1, 0.15) is 18.6 Å². The van der Waals surface area contributed by atoms with E-state index in [0.717, 1.165) is 0 Å². The van der Waals surface area contributed by atoms with Crippen LogP contribution in [-0.4, -0.2) is 20.8 Å². The summed E-state index contributed by atoms with van der Waals surface area (Å²) in [6.07, 6.45) is 1.78. The number of primary amides is 1. The lowest BCUT2D eigenvalue weighted by molar-refractivity contribution is -0.126. The maximum Gasteiger partial charge on any atom is 0.251 e. The Kier molecular flexibility index (Phi) is 2.44. The Bertz CT molecular complexity index is 282. The van der Waals surface area contributed by atoms with Crippen molar-refractivity contribution in [3.63, 3.8) is 0 Å². The number of carbonyl (C=O) groups excluding carboxylic acids is 1. The van der Waals surface area contributed by atoms with E-state index < -0.39 is 12.0 Å². The number of carbonyl (C=O) groups is 1. The fourth-order valence-electron chi connectivity index (χ4n) is 0.858. The second-order valence-electron chi connectivity index (χ2n) is 2.43. The van der Waals surface area contributed by atoms with Crippen molar-refractivity contribution < 1.29 is 9.90 Å². The quantitative estimate of drug-likeness (QED) is 0.635. The molecule has 0 aromatic carbocycles. The molecule has 0 aliphatic rings. The number of hydrogen-bond donors (Lipinski definition) is 2. The van der Waals surface area contributed by atoms with E-state index >= 15 is 0 Å². The average molecular weight is 169 g/mol. The molecule has 1 aromatic rings. The van der Waals surface area contributed by atoms with Crippen molar-refractivity contribution in [1.29, 1.82) is 0 Å². The third-order valence-corrected chi connectivity index (χ3v) is 1.56. The summed E-state index contributed by atoms with van der Waals surface area (Å²) >= 11 is 0. The van der Waals surface area contributed by atoms with Gasteiger partial charge in [-0.25, -0.2) is 0 Å². The van der Waals surface area contributed by atoms with E-state index in [2.05, 4.69) is 5.10 Å². The number of nitrogens with two attached hydrogens (primary N) is 1. The first-order valence-corrected chi connectivity index (χ1v) is 3.65. The number of aromatic nitrogens is 2. The topological polar surface area (TPSA) is 81.1 Å². The van der Waals surface area contributed by atoms with Gasteiger partial charge in [0, 0.05) is 18.3 Å². The molecule has 1 rings (SSSR count). The Morgan fingerprint density at radius 1 is 1.92 bits per heavy atom. The van der Waals surface area contributed by atoms with Crippen LogP contribution in [0.25, 0.3) is 0 Å². The maximum absolute atomic E-state index is 10.5. The fourth-order valence-corrected chi connectivity index (χ4v) is 0.858. The normalized spacial score (nSPS) is 12.8. The lowest BCUT2D eigenvalue weighted by Crippen LogP contribution is -2.20. The molecule has 5 heteroatoms. The highest BCUT2D eigenvalue weighted by Gasteiger charge is 2.14. The van der Waals surface area contributed by atoms with Crippen molar-refractivity contribution >= 4 is 5.91 Å². The van der Waals surface area contributed by atoms with E-state index in [1.807, 2.05) is 6.92 Å². The zero-order valence-electron chi connectivity index (χ0n) is 6.77. The number of aliphatic hydroxyl groups is 1. The summed E-state index contributed by atoms with van der Waals surface area (Å²) in [5.74, 6) is -0.759. The summed E-state index contributed by atoms with van der Waals surface area (Å²) in [7, 11) is 0. The molecule has 0 fully saturated rings. The Hall–Kier alpha value is -1.36. The van der Waals surface area contributed by atoms with Gasteiger partial charge in [0.2, 0.25) is 0 Å². The summed E-state index contributed by atoms with van der Waals surface area (Å²) < 4.78 is 1.61. The van der Waals surface area contributed by atoms with E-state index in [1.165, 1.54) is 6.20 Å². The Labute approximate surface area is 69.8 Å². The van der Waals surface area contributed by atoms with Gasteiger partial charge in [-0.3, -0.25) is 9.48 Å². The van der Waals surface area contributed by atoms with Gasteiger partial charge in [-0.15, -0.1) is 0 Å². The van der Waals surface area contributed by atoms with Crippen LogP contribution in [0.2, 0.25) is 0 Å². The van der Waals surface area contributed by atoms with Crippen molar-refractivity contribution in [2.45, 2.75) is 19.6 Å². The molecule has 0 bridgehead atoms. The van der Waals surface area contributed by atoms with Crippen molar-refractivity contribution in [3.05, 3.63) is 18.0 Å². The first-order valence-electron chi connectivity index (χ1n) is 3.65. The fraction of sp³-hybridized carbons (Fsp3) is 0.429. The van der Waals surface area contributed by atoms with Crippen LogP contribution < -0.4 is 5.73 Å². The molecule has 1 heterocycles. The number of hydrogen-bond acceptors (Lipinski definition) is 3. The molecule has 0 saturated heterocycles. The molecule has 0 spiro atoms. The summed E-state index contributed by atoms with van der Waals surface area (Å²) in [6, 6.07) is 0. The molecular weight excluding hydrogens is 158 g/mol. The molecular formula is C7H11N3O2. The molecule has 1 unspecified atom stereocenters. The van der Waals surface area contributed by atoms with Crippen LogP contribution in [-0.2, 0) is 11.3 Å². The Morgan fingerprint density at radius 2 is 2.58 bits per heavy atom. The number of amides is 1. The van der Waals surface area contributed by atoms with Crippen LogP contribution in [0.15, 0.2) is 12.4 Å². The van der Waals surface area contributed by atoms with E-state index in [1.54, 1.807) is 10.9 Å². The monoisotopic (exact) mass is 169 g/mol. The smallest absolute Gasteiger partial charge is 0.251 e. The lowest BCUT2D eigenvalue weighted by Gasteiger charge is -2.00. The molecule has 66 valence electrons. The molecule has 0 aliphatic carbocycles. The van der Waals surface area contributed by atoms with Crippen molar-refractivity contribution in [1.82, 2.24) is 9.78 Å². The van der Waals surface area contributed by atoms with Crippen molar-refractivity contribution in [2.24, 2.45) is 5.73 Å². The predicted molar refractivity (Wildman–Crippen MR) is 42.1 cm³/mol. The second kappa shape index (κ2) is 3.36. The average Bonchev–Trinajstić information content (AvgIpc) is 2.50. The largest absolute Gasteiger partial charge is 0.378 e. The van der Waals surface area contributed by atoms with E-state index in [4.69, 9.17) is 5.73 Å².